The zero-order valence-electron chi connectivity index (χ0n) is 11.0. The molecule has 6 nitrogen and oxygen atoms in total. The van der Waals surface area contributed by atoms with Crippen molar-refractivity contribution in [2.75, 3.05) is 17.7 Å². The van der Waals surface area contributed by atoms with Crippen molar-refractivity contribution < 1.29 is 4.39 Å². The second-order valence-electron chi connectivity index (χ2n) is 4.32. The lowest BCUT2D eigenvalue weighted by Crippen LogP contribution is -2.02. The lowest BCUT2D eigenvalue weighted by molar-refractivity contribution is 0.619. The van der Waals surface area contributed by atoms with E-state index in [-0.39, 0.29) is 5.82 Å². The van der Waals surface area contributed by atoms with Gasteiger partial charge in [0.15, 0.2) is 5.65 Å². The van der Waals surface area contributed by atoms with E-state index in [0.29, 0.717) is 28.7 Å². The first-order valence-electron chi connectivity index (χ1n) is 6.10. The molecule has 0 amide bonds. The van der Waals surface area contributed by atoms with Crippen LogP contribution in [0.4, 0.5) is 21.8 Å². The van der Waals surface area contributed by atoms with Gasteiger partial charge in [-0.3, -0.25) is 5.10 Å². The van der Waals surface area contributed by atoms with Gasteiger partial charge in [0.1, 0.15) is 11.6 Å². The molecule has 0 unspecified atom stereocenters. The third-order valence-electron chi connectivity index (χ3n) is 3.05. The number of hydrogen-bond donors (Lipinski definition) is 3. The van der Waals surface area contributed by atoms with Gasteiger partial charge < -0.3 is 10.6 Å². The van der Waals surface area contributed by atoms with Gasteiger partial charge in [0.25, 0.3) is 0 Å². The van der Waals surface area contributed by atoms with Crippen LogP contribution in [0.3, 0.4) is 0 Å². The molecule has 0 atom stereocenters. The number of nitrogens with zero attached hydrogens (tertiary/aromatic N) is 3. The molecule has 102 valence electrons. The summed E-state index contributed by atoms with van der Waals surface area (Å²) < 4.78 is 13.6. The molecule has 0 aliphatic carbocycles. The highest BCUT2D eigenvalue weighted by Gasteiger charge is 2.11. The van der Waals surface area contributed by atoms with Crippen molar-refractivity contribution in [3.8, 4) is 0 Å². The zero-order chi connectivity index (χ0) is 14.1. The normalized spacial score (nSPS) is 10.8. The van der Waals surface area contributed by atoms with Crippen molar-refractivity contribution in [1.82, 2.24) is 20.2 Å². The standard InChI is InChI=1S/C13H13FN6/c1-7-9(14)4-3-5-10(7)17-11-8-6-16-20-12(8)19-13(15-2)18-11/h3-6H,1-2H3,(H3,15,16,17,18,19,20). The minimum Gasteiger partial charge on any atom is -0.357 e. The lowest BCUT2D eigenvalue weighted by Gasteiger charge is -2.11. The molecule has 0 bridgehead atoms. The van der Waals surface area contributed by atoms with Gasteiger partial charge in [0.2, 0.25) is 5.95 Å². The summed E-state index contributed by atoms with van der Waals surface area (Å²) in [6.07, 6.45) is 1.63. The number of rotatable bonds is 3. The van der Waals surface area contributed by atoms with Crippen molar-refractivity contribution in [3.63, 3.8) is 0 Å². The van der Waals surface area contributed by atoms with E-state index >= 15 is 0 Å². The highest BCUT2D eigenvalue weighted by molar-refractivity contribution is 5.89. The number of halogens is 1. The summed E-state index contributed by atoms with van der Waals surface area (Å²) in [4.78, 5) is 8.58. The predicted molar refractivity (Wildman–Crippen MR) is 75.7 cm³/mol. The summed E-state index contributed by atoms with van der Waals surface area (Å²) in [6, 6.07) is 4.87. The van der Waals surface area contributed by atoms with E-state index in [1.54, 1.807) is 32.3 Å². The van der Waals surface area contributed by atoms with Crippen LogP contribution in [0.1, 0.15) is 5.56 Å². The first-order chi connectivity index (χ1) is 9.69. The SMILES string of the molecule is CNc1nc(Nc2cccc(F)c2C)c2cn[nH]c2n1. The van der Waals surface area contributed by atoms with E-state index in [9.17, 15) is 4.39 Å². The zero-order valence-corrected chi connectivity index (χ0v) is 11.0. The van der Waals surface area contributed by atoms with E-state index in [2.05, 4.69) is 30.8 Å². The molecular weight excluding hydrogens is 259 g/mol. The average molecular weight is 272 g/mol. The van der Waals surface area contributed by atoms with Gasteiger partial charge in [-0.05, 0) is 19.1 Å². The molecular formula is C13H13FN6. The Morgan fingerprint density at radius 2 is 2.10 bits per heavy atom. The Hall–Kier alpha value is -2.70. The lowest BCUT2D eigenvalue weighted by atomic mass is 10.2. The van der Waals surface area contributed by atoms with Crippen molar-refractivity contribution in [2.45, 2.75) is 6.92 Å². The molecule has 0 fully saturated rings. The number of hydrogen-bond acceptors (Lipinski definition) is 5. The van der Waals surface area contributed by atoms with Gasteiger partial charge in [-0.1, -0.05) is 6.07 Å². The first kappa shape index (κ1) is 12.3. The van der Waals surface area contributed by atoms with Crippen LogP contribution in [0.5, 0.6) is 0 Å². The van der Waals surface area contributed by atoms with Crippen LogP contribution in [0.25, 0.3) is 11.0 Å². The van der Waals surface area contributed by atoms with Crippen molar-refractivity contribution in [1.29, 1.82) is 0 Å². The summed E-state index contributed by atoms with van der Waals surface area (Å²) in [6.45, 7) is 1.71. The van der Waals surface area contributed by atoms with Crippen molar-refractivity contribution in [2.24, 2.45) is 0 Å². The quantitative estimate of drug-likeness (QED) is 0.683. The van der Waals surface area contributed by atoms with E-state index in [1.807, 2.05) is 0 Å². The fourth-order valence-corrected chi connectivity index (χ4v) is 1.91. The average Bonchev–Trinajstić information content (AvgIpc) is 2.92. The Balaban J connectivity index is 2.10. The number of aromatic nitrogens is 4. The van der Waals surface area contributed by atoms with E-state index in [1.165, 1.54) is 6.07 Å². The summed E-state index contributed by atoms with van der Waals surface area (Å²) in [5, 5.41) is 13.5. The second-order valence-corrected chi connectivity index (χ2v) is 4.32. The fourth-order valence-electron chi connectivity index (χ4n) is 1.91. The minimum absolute atomic E-state index is 0.263. The third kappa shape index (κ3) is 2.03. The molecule has 2 aromatic heterocycles. The fraction of sp³-hybridized carbons (Fsp3) is 0.154. The maximum atomic E-state index is 13.6. The summed E-state index contributed by atoms with van der Waals surface area (Å²) in [7, 11) is 1.73. The largest absolute Gasteiger partial charge is 0.357 e. The molecule has 0 aliphatic rings. The molecule has 0 spiro atoms. The molecule has 3 N–H and O–H groups in total. The number of benzene rings is 1. The molecule has 0 aliphatic heterocycles. The topological polar surface area (TPSA) is 78.5 Å². The molecule has 0 saturated carbocycles. The van der Waals surface area contributed by atoms with Crippen LogP contribution >= 0.6 is 0 Å². The molecule has 2 heterocycles. The molecule has 7 heteroatoms. The van der Waals surface area contributed by atoms with Crippen LogP contribution in [0.15, 0.2) is 24.4 Å². The third-order valence-corrected chi connectivity index (χ3v) is 3.05. The van der Waals surface area contributed by atoms with Crippen LogP contribution in [0, 0.1) is 12.7 Å². The van der Waals surface area contributed by atoms with Gasteiger partial charge in [-0.15, -0.1) is 0 Å². The number of anilines is 3. The first-order valence-corrected chi connectivity index (χ1v) is 6.10. The molecule has 0 radical (unpaired) electrons. The van der Waals surface area contributed by atoms with E-state index in [0.717, 1.165) is 5.39 Å². The molecule has 20 heavy (non-hydrogen) atoms. The molecule has 0 saturated heterocycles. The Labute approximate surface area is 114 Å². The Morgan fingerprint density at radius 1 is 1.25 bits per heavy atom. The maximum Gasteiger partial charge on any atom is 0.226 e. The maximum absolute atomic E-state index is 13.6. The van der Waals surface area contributed by atoms with E-state index < -0.39 is 0 Å². The number of nitrogens with one attached hydrogen (secondary N) is 3. The summed E-state index contributed by atoms with van der Waals surface area (Å²) in [5.74, 6) is 0.765. The Bertz CT molecular complexity index is 767. The Kier molecular flexibility index (Phi) is 2.94. The van der Waals surface area contributed by atoms with Crippen LogP contribution in [-0.4, -0.2) is 27.2 Å². The van der Waals surface area contributed by atoms with Gasteiger partial charge in [0, 0.05) is 18.3 Å². The molecule has 3 rings (SSSR count). The highest BCUT2D eigenvalue weighted by Crippen LogP contribution is 2.26. The minimum atomic E-state index is -0.263. The van der Waals surface area contributed by atoms with Gasteiger partial charge in [0.05, 0.1) is 11.6 Å². The van der Waals surface area contributed by atoms with Crippen molar-refractivity contribution in [3.05, 3.63) is 35.8 Å². The van der Waals surface area contributed by atoms with E-state index in [4.69, 9.17) is 0 Å². The second kappa shape index (κ2) is 4.76. The smallest absolute Gasteiger partial charge is 0.226 e. The summed E-state index contributed by atoms with van der Waals surface area (Å²) >= 11 is 0. The number of H-pyrrole nitrogens is 1. The monoisotopic (exact) mass is 272 g/mol. The summed E-state index contributed by atoms with van der Waals surface area (Å²) in [5.41, 5.74) is 1.81. The number of fused-ring (bicyclic) bond motifs is 1. The molecule has 3 aromatic rings. The van der Waals surface area contributed by atoms with Crippen molar-refractivity contribution >= 4 is 28.5 Å². The highest BCUT2D eigenvalue weighted by atomic mass is 19.1. The van der Waals surface area contributed by atoms with Crippen LogP contribution in [-0.2, 0) is 0 Å². The Morgan fingerprint density at radius 3 is 2.90 bits per heavy atom. The molecule has 1 aromatic carbocycles. The van der Waals surface area contributed by atoms with Crippen LogP contribution in [0.2, 0.25) is 0 Å². The van der Waals surface area contributed by atoms with Gasteiger partial charge in [-0.25, -0.2) is 4.39 Å². The van der Waals surface area contributed by atoms with Crippen LogP contribution < -0.4 is 10.6 Å². The van der Waals surface area contributed by atoms with Gasteiger partial charge in [-0.2, -0.15) is 15.1 Å². The number of aromatic amines is 1. The van der Waals surface area contributed by atoms with Gasteiger partial charge >= 0.3 is 0 Å². The predicted octanol–water partition coefficient (Wildman–Crippen LogP) is 2.59.